The summed E-state index contributed by atoms with van der Waals surface area (Å²) in [6, 6.07) is 11.5. The molecule has 0 radical (unpaired) electrons. The fraction of sp³-hybridized carbons (Fsp3) is 0.304. The number of hydrogen-bond acceptors (Lipinski definition) is 2. The number of fused-ring (bicyclic) bond motifs is 1. The first-order chi connectivity index (χ1) is 14.4. The number of carbonyl (C=O) groups is 2. The van der Waals surface area contributed by atoms with E-state index in [4.69, 9.17) is 17.3 Å². The normalized spacial score (nSPS) is 16.0. The quantitative estimate of drug-likeness (QED) is 0.666. The van der Waals surface area contributed by atoms with Crippen LogP contribution in [0.1, 0.15) is 47.6 Å². The molecule has 1 saturated heterocycles. The molecule has 0 spiro atoms. The maximum Gasteiger partial charge on any atom is 0.256 e. The lowest BCUT2D eigenvalue weighted by atomic mass is 9.89. The van der Waals surface area contributed by atoms with Gasteiger partial charge in [-0.3, -0.25) is 9.59 Å². The number of nitrogens with zero attached hydrogens (tertiary/aromatic N) is 2. The number of aromatic nitrogens is 1. The summed E-state index contributed by atoms with van der Waals surface area (Å²) in [6.07, 6.45) is 3.09. The summed E-state index contributed by atoms with van der Waals surface area (Å²) in [5.41, 5.74) is 7.41. The Balaban J connectivity index is 1.60. The molecule has 0 saturated carbocycles. The SMILES string of the molecule is CC(C(N)=O)n1cc(C(=O)N2CCC(c3ccccc3F)CC2)c2ccc(Cl)cc21. The molecule has 4 rings (SSSR count). The Morgan fingerprint density at radius 2 is 1.87 bits per heavy atom. The Morgan fingerprint density at radius 3 is 2.53 bits per heavy atom. The van der Waals surface area contributed by atoms with Gasteiger partial charge in [-0.05, 0) is 49.4 Å². The Kier molecular flexibility index (Phi) is 5.52. The molecular formula is C23H23ClFN3O2. The second kappa shape index (κ2) is 8.11. The molecule has 2 aromatic carbocycles. The van der Waals surface area contributed by atoms with Gasteiger partial charge < -0.3 is 15.2 Å². The van der Waals surface area contributed by atoms with Crippen molar-refractivity contribution in [1.82, 2.24) is 9.47 Å². The number of benzene rings is 2. The Labute approximate surface area is 179 Å². The van der Waals surface area contributed by atoms with E-state index in [1.54, 1.807) is 46.9 Å². The van der Waals surface area contributed by atoms with Gasteiger partial charge >= 0.3 is 0 Å². The van der Waals surface area contributed by atoms with Crippen molar-refractivity contribution in [1.29, 1.82) is 0 Å². The number of nitrogens with two attached hydrogens (primary N) is 1. The molecule has 0 aliphatic carbocycles. The maximum atomic E-state index is 14.1. The highest BCUT2D eigenvalue weighted by Gasteiger charge is 2.28. The van der Waals surface area contributed by atoms with Crippen LogP contribution in [0.5, 0.6) is 0 Å². The van der Waals surface area contributed by atoms with Gasteiger partial charge in [0.05, 0.1) is 11.1 Å². The molecule has 2 N–H and O–H groups in total. The molecule has 1 unspecified atom stereocenters. The summed E-state index contributed by atoms with van der Waals surface area (Å²) in [5.74, 6) is -0.686. The fourth-order valence-corrected chi connectivity index (χ4v) is 4.39. The molecule has 2 amide bonds. The van der Waals surface area contributed by atoms with Crippen molar-refractivity contribution in [2.24, 2.45) is 5.73 Å². The Morgan fingerprint density at radius 1 is 1.17 bits per heavy atom. The van der Waals surface area contributed by atoms with Gasteiger partial charge in [0, 0.05) is 29.7 Å². The second-order valence-electron chi connectivity index (χ2n) is 7.78. The number of primary amides is 1. The molecular weight excluding hydrogens is 405 g/mol. The molecule has 1 fully saturated rings. The molecule has 30 heavy (non-hydrogen) atoms. The van der Waals surface area contributed by atoms with Gasteiger partial charge in [-0.2, -0.15) is 0 Å². The topological polar surface area (TPSA) is 68.3 Å². The van der Waals surface area contributed by atoms with Crippen LogP contribution in [-0.4, -0.2) is 34.4 Å². The highest BCUT2D eigenvalue weighted by molar-refractivity contribution is 6.31. The van der Waals surface area contributed by atoms with Crippen LogP contribution in [0.3, 0.4) is 0 Å². The summed E-state index contributed by atoms with van der Waals surface area (Å²) in [6.45, 7) is 2.78. The van der Waals surface area contributed by atoms with Gasteiger partial charge in [-0.25, -0.2) is 4.39 Å². The zero-order valence-electron chi connectivity index (χ0n) is 16.6. The molecule has 2 heterocycles. The van der Waals surface area contributed by atoms with Crippen molar-refractivity contribution in [2.45, 2.75) is 31.7 Å². The fourth-order valence-electron chi connectivity index (χ4n) is 4.22. The standard InChI is InChI=1S/C23H23ClFN3O2/c1-14(22(26)29)28-13-19(18-7-6-16(24)12-21(18)28)23(30)27-10-8-15(9-11-27)17-4-2-3-5-20(17)25/h2-7,12-15H,8-11H2,1H3,(H2,26,29). The Hall–Kier alpha value is -2.86. The van der Waals surface area contributed by atoms with Crippen LogP contribution >= 0.6 is 11.6 Å². The van der Waals surface area contributed by atoms with E-state index < -0.39 is 11.9 Å². The van der Waals surface area contributed by atoms with Crippen molar-refractivity contribution < 1.29 is 14.0 Å². The van der Waals surface area contributed by atoms with E-state index in [1.807, 2.05) is 12.1 Å². The van der Waals surface area contributed by atoms with E-state index in [1.165, 1.54) is 6.07 Å². The number of hydrogen-bond donors (Lipinski definition) is 1. The third-order valence-corrected chi connectivity index (χ3v) is 6.22. The smallest absolute Gasteiger partial charge is 0.256 e. The summed E-state index contributed by atoms with van der Waals surface area (Å²) in [4.78, 5) is 26.8. The number of likely N-dealkylation sites (tertiary alicyclic amines) is 1. The minimum absolute atomic E-state index is 0.102. The maximum absolute atomic E-state index is 14.1. The third kappa shape index (κ3) is 3.67. The number of carbonyl (C=O) groups excluding carboxylic acids is 2. The van der Waals surface area contributed by atoms with Gasteiger partial charge in [0.2, 0.25) is 5.91 Å². The van der Waals surface area contributed by atoms with Crippen LogP contribution in [0.25, 0.3) is 10.9 Å². The molecule has 156 valence electrons. The van der Waals surface area contributed by atoms with Gasteiger partial charge in [-0.1, -0.05) is 35.9 Å². The van der Waals surface area contributed by atoms with E-state index >= 15 is 0 Å². The lowest BCUT2D eigenvalue weighted by Crippen LogP contribution is -2.38. The van der Waals surface area contributed by atoms with Crippen molar-refractivity contribution >= 4 is 34.3 Å². The zero-order valence-corrected chi connectivity index (χ0v) is 17.4. The van der Waals surface area contributed by atoms with Crippen molar-refractivity contribution in [2.75, 3.05) is 13.1 Å². The molecule has 0 bridgehead atoms. The number of halogens is 2. The predicted molar refractivity (Wildman–Crippen MR) is 115 cm³/mol. The summed E-state index contributed by atoms with van der Waals surface area (Å²) >= 11 is 6.14. The van der Waals surface area contributed by atoms with E-state index in [9.17, 15) is 14.0 Å². The zero-order chi connectivity index (χ0) is 21.4. The summed E-state index contributed by atoms with van der Waals surface area (Å²) < 4.78 is 15.8. The van der Waals surface area contributed by atoms with Gasteiger partial charge in [-0.15, -0.1) is 0 Å². The van der Waals surface area contributed by atoms with E-state index in [0.29, 0.717) is 47.6 Å². The first kappa shape index (κ1) is 20.4. The van der Waals surface area contributed by atoms with Gasteiger partial charge in [0.25, 0.3) is 5.91 Å². The summed E-state index contributed by atoms with van der Waals surface area (Å²) in [7, 11) is 0. The molecule has 1 aromatic heterocycles. The van der Waals surface area contributed by atoms with E-state index in [2.05, 4.69) is 0 Å². The molecule has 5 nitrogen and oxygen atoms in total. The number of amides is 2. The minimum atomic E-state index is -0.612. The molecule has 1 aliphatic heterocycles. The minimum Gasteiger partial charge on any atom is -0.368 e. The Bertz CT molecular complexity index is 1120. The molecule has 7 heteroatoms. The number of piperidine rings is 1. The van der Waals surface area contributed by atoms with Crippen LogP contribution < -0.4 is 5.73 Å². The monoisotopic (exact) mass is 427 g/mol. The average Bonchev–Trinajstić information content (AvgIpc) is 3.11. The first-order valence-corrected chi connectivity index (χ1v) is 10.4. The van der Waals surface area contributed by atoms with Crippen LogP contribution in [0.2, 0.25) is 5.02 Å². The summed E-state index contributed by atoms with van der Waals surface area (Å²) in [5, 5.41) is 1.25. The van der Waals surface area contributed by atoms with Crippen LogP contribution in [-0.2, 0) is 4.79 Å². The van der Waals surface area contributed by atoms with Crippen LogP contribution in [0.4, 0.5) is 4.39 Å². The van der Waals surface area contributed by atoms with Crippen LogP contribution in [0.15, 0.2) is 48.7 Å². The van der Waals surface area contributed by atoms with Crippen LogP contribution in [0, 0.1) is 5.82 Å². The largest absolute Gasteiger partial charge is 0.368 e. The molecule has 1 atom stereocenters. The van der Waals surface area contributed by atoms with Gasteiger partial charge in [0.15, 0.2) is 0 Å². The molecule has 1 aliphatic rings. The average molecular weight is 428 g/mol. The predicted octanol–water partition coefficient (Wildman–Crippen LogP) is 4.50. The van der Waals surface area contributed by atoms with Crippen molar-refractivity contribution in [3.63, 3.8) is 0 Å². The van der Waals surface area contributed by atoms with Crippen molar-refractivity contribution in [3.05, 3.63) is 70.6 Å². The third-order valence-electron chi connectivity index (χ3n) is 5.98. The lowest BCUT2D eigenvalue weighted by molar-refractivity contribution is -0.120. The van der Waals surface area contributed by atoms with E-state index in [-0.39, 0.29) is 17.6 Å². The first-order valence-electron chi connectivity index (χ1n) is 10.00. The van der Waals surface area contributed by atoms with Crippen molar-refractivity contribution in [3.8, 4) is 0 Å². The van der Waals surface area contributed by atoms with Gasteiger partial charge in [0.1, 0.15) is 11.9 Å². The van der Waals surface area contributed by atoms with E-state index in [0.717, 1.165) is 5.39 Å². The lowest BCUT2D eigenvalue weighted by Gasteiger charge is -2.32. The second-order valence-corrected chi connectivity index (χ2v) is 8.21. The molecule has 3 aromatic rings. The number of rotatable bonds is 4. The highest BCUT2D eigenvalue weighted by Crippen LogP contribution is 2.32. The highest BCUT2D eigenvalue weighted by atomic mass is 35.5.